The third-order valence-electron chi connectivity index (χ3n) is 7.89. The Labute approximate surface area is 192 Å². The number of aliphatic hydroxyl groups is 1. The molecule has 8 heteroatoms. The lowest BCUT2D eigenvalue weighted by Crippen LogP contribution is -2.65. The van der Waals surface area contributed by atoms with Crippen LogP contribution in [0.2, 0.25) is 0 Å². The van der Waals surface area contributed by atoms with Crippen molar-refractivity contribution >= 4 is 6.03 Å². The van der Waals surface area contributed by atoms with Gasteiger partial charge in [-0.15, -0.1) is 6.42 Å². The fourth-order valence-corrected chi connectivity index (χ4v) is 6.26. The number of aliphatic hydroxyl groups excluding tert-OH is 1. The van der Waals surface area contributed by atoms with Gasteiger partial charge in [0.25, 0.3) is 0 Å². The Morgan fingerprint density at radius 2 is 2.06 bits per heavy atom. The van der Waals surface area contributed by atoms with E-state index in [0.29, 0.717) is 44.1 Å². The topological polar surface area (TPSA) is 72.5 Å². The molecule has 3 heterocycles. The average molecular weight is 455 g/mol. The molecule has 2 atom stereocenters. The van der Waals surface area contributed by atoms with Crippen LogP contribution in [-0.4, -0.2) is 63.9 Å². The largest absolute Gasteiger partial charge is 0.396 e. The van der Waals surface area contributed by atoms with Crippen LogP contribution in [0.15, 0.2) is 24.4 Å². The summed E-state index contributed by atoms with van der Waals surface area (Å²) >= 11 is 0. The van der Waals surface area contributed by atoms with Crippen LogP contribution in [0.3, 0.4) is 0 Å². The second kappa shape index (κ2) is 7.84. The minimum Gasteiger partial charge on any atom is -0.396 e. The van der Waals surface area contributed by atoms with Gasteiger partial charge in [0.2, 0.25) is 0 Å². The first-order chi connectivity index (χ1) is 15.8. The van der Waals surface area contributed by atoms with Crippen molar-refractivity contribution < 1.29 is 18.7 Å². The molecule has 2 amide bonds. The van der Waals surface area contributed by atoms with Crippen molar-refractivity contribution in [3.63, 3.8) is 0 Å². The fraction of sp³-hybridized carbons (Fsp3) is 0.520. The lowest BCUT2D eigenvalue weighted by atomic mass is 9.56. The molecule has 1 spiro atoms. The summed E-state index contributed by atoms with van der Waals surface area (Å²) in [4.78, 5) is 16.8. The highest BCUT2D eigenvalue weighted by atomic mass is 19.1. The zero-order chi connectivity index (χ0) is 23.4. The molecule has 1 aromatic carbocycles. The summed E-state index contributed by atoms with van der Waals surface area (Å²) in [6.45, 7) is 3.90. The Balaban J connectivity index is 1.19. The standard InChI is InChI=1S/C25H28F2N4O2/c1-3-25(22-16(2)10-28-29-22)15-30(11-19(25)12-32)23(33)31-13-24(14-31)8-17(9-24)6-18-4-5-20(26)7-21(18)27/h1,4-5,7,10,17,19,32H,6,8-9,11-15H2,2H3,(H,28,29)/t19-,25-/m0/s1. The molecular weight excluding hydrogens is 426 g/mol. The number of halogens is 2. The van der Waals surface area contributed by atoms with Crippen molar-refractivity contribution in [1.82, 2.24) is 20.0 Å². The molecule has 0 bridgehead atoms. The van der Waals surface area contributed by atoms with E-state index in [2.05, 4.69) is 16.1 Å². The van der Waals surface area contributed by atoms with Gasteiger partial charge in [0.1, 0.15) is 11.6 Å². The predicted molar refractivity (Wildman–Crippen MR) is 118 cm³/mol. The summed E-state index contributed by atoms with van der Waals surface area (Å²) in [7, 11) is 0. The molecule has 2 N–H and O–H groups in total. The molecule has 2 aliphatic heterocycles. The Morgan fingerprint density at radius 1 is 1.30 bits per heavy atom. The van der Waals surface area contributed by atoms with Gasteiger partial charge in [0.15, 0.2) is 0 Å². The Kier molecular flexibility index (Phi) is 5.20. The number of nitrogens with zero attached hydrogens (tertiary/aromatic N) is 3. The third kappa shape index (κ3) is 3.50. The van der Waals surface area contributed by atoms with Gasteiger partial charge in [-0.05, 0) is 49.3 Å². The van der Waals surface area contributed by atoms with E-state index in [9.17, 15) is 18.7 Å². The average Bonchev–Trinajstić information content (AvgIpc) is 3.33. The third-order valence-corrected chi connectivity index (χ3v) is 7.89. The first-order valence-electron chi connectivity index (χ1n) is 11.4. The van der Waals surface area contributed by atoms with Crippen molar-refractivity contribution in [2.45, 2.75) is 31.6 Å². The van der Waals surface area contributed by atoms with Gasteiger partial charge in [-0.3, -0.25) is 5.10 Å². The van der Waals surface area contributed by atoms with Gasteiger partial charge < -0.3 is 14.9 Å². The van der Waals surface area contributed by atoms with Crippen molar-refractivity contribution in [2.24, 2.45) is 17.3 Å². The number of rotatable bonds is 4. The number of urea groups is 1. The molecule has 5 rings (SSSR count). The van der Waals surface area contributed by atoms with E-state index in [0.717, 1.165) is 30.2 Å². The number of hydrogen-bond acceptors (Lipinski definition) is 3. The molecule has 174 valence electrons. The molecule has 2 saturated heterocycles. The Bertz CT molecular complexity index is 1110. The number of hydrogen-bond donors (Lipinski definition) is 2. The molecule has 3 fully saturated rings. The summed E-state index contributed by atoms with van der Waals surface area (Å²) in [5.74, 6) is 1.90. The van der Waals surface area contributed by atoms with Crippen molar-refractivity contribution in [3.05, 3.63) is 52.9 Å². The smallest absolute Gasteiger partial charge is 0.320 e. The minimum atomic E-state index is -0.783. The second-order valence-electron chi connectivity index (χ2n) is 10.2. The quantitative estimate of drug-likeness (QED) is 0.698. The number of benzene rings is 1. The van der Waals surface area contributed by atoms with Gasteiger partial charge in [-0.2, -0.15) is 5.10 Å². The maximum Gasteiger partial charge on any atom is 0.320 e. The fourth-order valence-electron chi connectivity index (χ4n) is 6.26. The molecule has 3 aliphatic rings. The highest BCUT2D eigenvalue weighted by Crippen LogP contribution is 2.53. The van der Waals surface area contributed by atoms with E-state index in [1.165, 1.54) is 12.1 Å². The number of aryl methyl sites for hydroxylation is 1. The number of likely N-dealkylation sites (tertiary alicyclic amines) is 2. The van der Waals surface area contributed by atoms with Crippen molar-refractivity contribution in [2.75, 3.05) is 32.8 Å². The maximum absolute atomic E-state index is 13.9. The van der Waals surface area contributed by atoms with Crippen LogP contribution in [0.5, 0.6) is 0 Å². The van der Waals surface area contributed by atoms with E-state index in [1.54, 1.807) is 11.1 Å². The SMILES string of the molecule is C#C[C@]1(c2[nH]ncc2C)CN(C(=O)N2CC3(CC(Cc4ccc(F)cc4F)C3)C2)C[C@H]1CO. The highest BCUT2D eigenvalue weighted by Gasteiger charge is 2.56. The summed E-state index contributed by atoms with van der Waals surface area (Å²) < 4.78 is 27.1. The number of nitrogens with one attached hydrogen (secondary N) is 1. The summed E-state index contributed by atoms with van der Waals surface area (Å²) in [5, 5.41) is 17.1. The number of aromatic nitrogens is 2. The molecule has 2 aromatic rings. The first-order valence-corrected chi connectivity index (χ1v) is 11.4. The van der Waals surface area contributed by atoms with Crippen LogP contribution in [0.1, 0.15) is 29.7 Å². The van der Waals surface area contributed by atoms with Crippen LogP contribution in [0, 0.1) is 48.2 Å². The summed E-state index contributed by atoms with van der Waals surface area (Å²) in [6, 6.07) is 3.70. The van der Waals surface area contributed by atoms with E-state index in [-0.39, 0.29) is 24.0 Å². The summed E-state index contributed by atoms with van der Waals surface area (Å²) in [6.07, 6.45) is 10.1. The number of aromatic amines is 1. The molecular formula is C25H28F2N4O2. The highest BCUT2D eigenvalue weighted by molar-refractivity contribution is 5.76. The molecule has 1 aliphatic carbocycles. The number of H-pyrrole nitrogens is 1. The first kappa shape index (κ1) is 21.9. The zero-order valence-electron chi connectivity index (χ0n) is 18.7. The van der Waals surface area contributed by atoms with Gasteiger partial charge in [0.05, 0.1) is 17.3 Å². The van der Waals surface area contributed by atoms with Gasteiger partial charge >= 0.3 is 6.03 Å². The summed E-state index contributed by atoms with van der Waals surface area (Å²) in [5.41, 5.74) is 1.58. The lowest BCUT2D eigenvalue weighted by molar-refractivity contribution is -0.0757. The van der Waals surface area contributed by atoms with Crippen LogP contribution in [-0.2, 0) is 11.8 Å². The Hall–Kier alpha value is -2.92. The Morgan fingerprint density at radius 3 is 2.67 bits per heavy atom. The van der Waals surface area contributed by atoms with Gasteiger partial charge in [-0.25, -0.2) is 13.6 Å². The molecule has 6 nitrogen and oxygen atoms in total. The van der Waals surface area contributed by atoms with Crippen LogP contribution in [0.4, 0.5) is 13.6 Å². The van der Waals surface area contributed by atoms with Gasteiger partial charge in [0, 0.05) is 50.2 Å². The molecule has 33 heavy (non-hydrogen) atoms. The van der Waals surface area contributed by atoms with E-state index >= 15 is 0 Å². The molecule has 1 saturated carbocycles. The lowest BCUT2D eigenvalue weighted by Gasteiger charge is -2.59. The minimum absolute atomic E-state index is 0.0543. The normalized spacial score (nSPS) is 26.2. The predicted octanol–water partition coefficient (Wildman–Crippen LogP) is 2.87. The number of carbonyl (C=O) groups is 1. The van der Waals surface area contributed by atoms with Crippen LogP contribution < -0.4 is 0 Å². The molecule has 0 unspecified atom stereocenters. The van der Waals surface area contributed by atoms with E-state index in [4.69, 9.17) is 6.42 Å². The number of carbonyl (C=O) groups excluding carboxylic acids is 1. The maximum atomic E-state index is 13.9. The van der Waals surface area contributed by atoms with Crippen molar-refractivity contribution in [3.8, 4) is 12.3 Å². The number of terminal acetylenes is 1. The van der Waals surface area contributed by atoms with Gasteiger partial charge in [-0.1, -0.05) is 12.0 Å². The zero-order valence-corrected chi connectivity index (χ0v) is 18.7. The van der Waals surface area contributed by atoms with Crippen LogP contribution in [0.25, 0.3) is 0 Å². The van der Waals surface area contributed by atoms with E-state index < -0.39 is 17.0 Å². The van der Waals surface area contributed by atoms with Crippen molar-refractivity contribution in [1.29, 1.82) is 0 Å². The molecule has 1 aromatic heterocycles. The van der Waals surface area contributed by atoms with E-state index in [1.807, 2.05) is 11.8 Å². The van der Waals surface area contributed by atoms with Crippen LogP contribution >= 0.6 is 0 Å². The second-order valence-corrected chi connectivity index (χ2v) is 10.2. The monoisotopic (exact) mass is 454 g/mol. The number of amides is 2. The molecule has 0 radical (unpaired) electrons.